The van der Waals surface area contributed by atoms with Gasteiger partial charge in [-0.2, -0.15) is 5.10 Å². The fraction of sp³-hybridized carbons (Fsp3) is 0.385. The van der Waals surface area contributed by atoms with Crippen molar-refractivity contribution in [3.8, 4) is 11.5 Å². The van der Waals surface area contributed by atoms with Crippen molar-refractivity contribution >= 4 is 29.0 Å². The van der Waals surface area contributed by atoms with Gasteiger partial charge in [-0.1, -0.05) is 12.1 Å². The van der Waals surface area contributed by atoms with Crippen molar-refractivity contribution < 1.29 is 23.9 Å². The van der Waals surface area contributed by atoms with Gasteiger partial charge in [0, 0.05) is 31.0 Å². The van der Waals surface area contributed by atoms with Crippen molar-refractivity contribution in [3.05, 3.63) is 53.6 Å². The molecule has 1 aliphatic carbocycles. The number of ether oxygens (including phenoxy) is 2. The molecule has 1 heterocycles. The summed E-state index contributed by atoms with van der Waals surface area (Å²) in [4.78, 5) is 35.2. The summed E-state index contributed by atoms with van der Waals surface area (Å²) in [6.45, 7) is 1.53. The number of hydrogen-bond donors (Lipinski definition) is 1. The standard InChI is InChI=1S/C26H29N3O5/c1-17(30)26(32)27-20-10-7-18(8-11-20)16-29-25(31)14-12-22(28-29)19-9-13-23(33-2)24(15-19)34-21-5-3-4-6-21/h7-11,13,15,21H,3-6,12,14,16H2,1-2H3,(H,27,32). The molecular formula is C26H29N3O5. The Morgan fingerprint density at radius 2 is 1.79 bits per heavy atom. The number of carbonyl (C=O) groups excluding carboxylic acids is 3. The molecule has 4 rings (SSSR count). The van der Waals surface area contributed by atoms with Crippen LogP contribution in [0, 0.1) is 0 Å². The van der Waals surface area contributed by atoms with E-state index in [1.165, 1.54) is 24.8 Å². The van der Waals surface area contributed by atoms with Gasteiger partial charge in [0.1, 0.15) is 0 Å². The molecule has 1 fully saturated rings. The van der Waals surface area contributed by atoms with Crippen LogP contribution in [0.25, 0.3) is 0 Å². The normalized spacial score (nSPS) is 16.2. The van der Waals surface area contributed by atoms with Crippen molar-refractivity contribution in [1.82, 2.24) is 5.01 Å². The number of anilines is 1. The van der Waals surface area contributed by atoms with Crippen LogP contribution >= 0.6 is 0 Å². The molecule has 1 saturated carbocycles. The second-order valence-electron chi connectivity index (χ2n) is 8.60. The number of benzene rings is 2. The van der Waals surface area contributed by atoms with Crippen LogP contribution in [-0.4, -0.2) is 41.5 Å². The average molecular weight is 464 g/mol. The van der Waals surface area contributed by atoms with Gasteiger partial charge < -0.3 is 14.8 Å². The number of amides is 2. The molecule has 1 aliphatic heterocycles. The molecule has 8 heteroatoms. The topological polar surface area (TPSA) is 97.3 Å². The highest BCUT2D eigenvalue weighted by atomic mass is 16.5. The Morgan fingerprint density at radius 1 is 1.06 bits per heavy atom. The average Bonchev–Trinajstić information content (AvgIpc) is 3.34. The number of carbonyl (C=O) groups is 3. The van der Waals surface area contributed by atoms with Crippen LogP contribution in [0.4, 0.5) is 5.69 Å². The zero-order chi connectivity index (χ0) is 24.1. The van der Waals surface area contributed by atoms with Crippen LogP contribution in [0.3, 0.4) is 0 Å². The van der Waals surface area contributed by atoms with E-state index in [1.807, 2.05) is 18.2 Å². The Morgan fingerprint density at radius 3 is 2.47 bits per heavy atom. The lowest BCUT2D eigenvalue weighted by molar-refractivity contribution is -0.133. The first-order chi connectivity index (χ1) is 16.4. The first kappa shape index (κ1) is 23.5. The van der Waals surface area contributed by atoms with Gasteiger partial charge in [0.05, 0.1) is 25.5 Å². The van der Waals surface area contributed by atoms with Crippen molar-refractivity contribution in [2.45, 2.75) is 58.1 Å². The SMILES string of the molecule is COc1ccc(C2=NN(Cc3ccc(NC(=O)C(C)=O)cc3)C(=O)CC2)cc1OC1CCCC1. The Hall–Kier alpha value is -3.68. The molecule has 2 aromatic carbocycles. The lowest BCUT2D eigenvalue weighted by Gasteiger charge is -2.24. The molecule has 8 nitrogen and oxygen atoms in total. The number of rotatable bonds is 8. The number of hydrazone groups is 1. The van der Waals surface area contributed by atoms with Crippen molar-refractivity contribution in [2.24, 2.45) is 5.10 Å². The molecule has 0 radical (unpaired) electrons. The van der Waals surface area contributed by atoms with Crippen molar-refractivity contribution in [2.75, 3.05) is 12.4 Å². The molecule has 0 atom stereocenters. The molecule has 0 saturated heterocycles. The third-order valence-corrected chi connectivity index (χ3v) is 6.06. The molecule has 0 spiro atoms. The van der Waals surface area contributed by atoms with E-state index in [0.717, 1.165) is 29.7 Å². The fourth-order valence-electron chi connectivity index (χ4n) is 4.15. The van der Waals surface area contributed by atoms with E-state index in [4.69, 9.17) is 9.47 Å². The van der Waals surface area contributed by atoms with E-state index in [9.17, 15) is 14.4 Å². The second-order valence-corrected chi connectivity index (χ2v) is 8.60. The van der Waals surface area contributed by atoms with Crippen molar-refractivity contribution in [1.29, 1.82) is 0 Å². The predicted octanol–water partition coefficient (Wildman–Crippen LogP) is 4.07. The molecule has 0 bridgehead atoms. The smallest absolute Gasteiger partial charge is 0.291 e. The molecule has 0 aromatic heterocycles. The Bertz CT molecular complexity index is 1100. The van der Waals surface area contributed by atoms with Crippen LogP contribution in [-0.2, 0) is 20.9 Å². The molecule has 0 unspecified atom stereocenters. The third kappa shape index (κ3) is 5.62. The first-order valence-electron chi connectivity index (χ1n) is 11.6. The number of hydrogen-bond acceptors (Lipinski definition) is 6. The van der Waals surface area contributed by atoms with Crippen LogP contribution in [0.15, 0.2) is 47.6 Å². The highest BCUT2D eigenvalue weighted by molar-refractivity contribution is 6.39. The summed E-state index contributed by atoms with van der Waals surface area (Å²) in [6, 6.07) is 12.8. The quantitative estimate of drug-likeness (QED) is 0.595. The van der Waals surface area contributed by atoms with Gasteiger partial charge in [-0.3, -0.25) is 14.4 Å². The minimum atomic E-state index is -0.663. The highest BCUT2D eigenvalue weighted by Crippen LogP contribution is 2.33. The van der Waals surface area contributed by atoms with E-state index in [1.54, 1.807) is 31.4 Å². The minimum Gasteiger partial charge on any atom is -0.493 e. The van der Waals surface area contributed by atoms with Crippen LogP contribution < -0.4 is 14.8 Å². The van der Waals surface area contributed by atoms with Gasteiger partial charge in [0.15, 0.2) is 11.5 Å². The van der Waals surface area contributed by atoms with E-state index in [-0.39, 0.29) is 12.0 Å². The largest absolute Gasteiger partial charge is 0.493 e. The maximum atomic E-state index is 12.5. The van der Waals surface area contributed by atoms with Crippen LogP contribution in [0.1, 0.15) is 56.6 Å². The second kappa shape index (κ2) is 10.5. The van der Waals surface area contributed by atoms with E-state index < -0.39 is 11.7 Å². The van der Waals surface area contributed by atoms with E-state index in [0.29, 0.717) is 36.6 Å². The first-order valence-corrected chi connectivity index (χ1v) is 11.6. The molecule has 2 aromatic rings. The molecular weight excluding hydrogens is 434 g/mol. The Kier molecular flexibility index (Phi) is 7.25. The van der Waals surface area contributed by atoms with Crippen molar-refractivity contribution in [3.63, 3.8) is 0 Å². The third-order valence-electron chi connectivity index (χ3n) is 6.06. The summed E-state index contributed by atoms with van der Waals surface area (Å²) in [6.07, 6.45) is 5.60. The Labute approximate surface area is 198 Å². The zero-order valence-corrected chi connectivity index (χ0v) is 19.5. The van der Waals surface area contributed by atoms with Crippen LogP contribution in [0.5, 0.6) is 11.5 Å². The molecule has 34 heavy (non-hydrogen) atoms. The monoisotopic (exact) mass is 463 g/mol. The number of nitrogens with zero attached hydrogens (tertiary/aromatic N) is 2. The summed E-state index contributed by atoms with van der Waals surface area (Å²) in [5.41, 5.74) is 3.11. The summed E-state index contributed by atoms with van der Waals surface area (Å²) in [5, 5.41) is 8.65. The minimum absolute atomic E-state index is 0.0475. The lowest BCUT2D eigenvalue weighted by atomic mass is 10.0. The molecule has 1 N–H and O–H groups in total. The summed E-state index contributed by atoms with van der Waals surface area (Å²) < 4.78 is 11.7. The highest BCUT2D eigenvalue weighted by Gasteiger charge is 2.24. The van der Waals surface area contributed by atoms with Crippen LogP contribution in [0.2, 0.25) is 0 Å². The van der Waals surface area contributed by atoms with E-state index >= 15 is 0 Å². The fourth-order valence-corrected chi connectivity index (χ4v) is 4.15. The Balaban J connectivity index is 1.49. The summed E-state index contributed by atoms with van der Waals surface area (Å²) in [7, 11) is 1.63. The number of ketones is 1. The number of Topliss-reactive ketones (excluding diaryl/α,β-unsaturated/α-hetero) is 1. The zero-order valence-electron chi connectivity index (χ0n) is 19.5. The molecule has 2 aliphatic rings. The van der Waals surface area contributed by atoms with Gasteiger partial charge in [-0.15, -0.1) is 0 Å². The van der Waals surface area contributed by atoms with E-state index in [2.05, 4.69) is 10.4 Å². The summed E-state index contributed by atoms with van der Waals surface area (Å²) >= 11 is 0. The molecule has 178 valence electrons. The van der Waals surface area contributed by atoms with Gasteiger partial charge in [0.25, 0.3) is 5.91 Å². The van der Waals surface area contributed by atoms with Gasteiger partial charge in [-0.05, 0) is 61.6 Å². The number of methoxy groups -OCH3 is 1. The van der Waals surface area contributed by atoms with Gasteiger partial charge in [-0.25, -0.2) is 5.01 Å². The van der Waals surface area contributed by atoms with Gasteiger partial charge >= 0.3 is 0 Å². The lowest BCUT2D eigenvalue weighted by Crippen LogP contribution is -2.31. The summed E-state index contributed by atoms with van der Waals surface area (Å²) in [5.74, 6) is 0.135. The maximum absolute atomic E-state index is 12.5. The maximum Gasteiger partial charge on any atom is 0.291 e. The number of nitrogens with one attached hydrogen (secondary N) is 1. The molecule has 2 amide bonds. The predicted molar refractivity (Wildman–Crippen MR) is 128 cm³/mol. The van der Waals surface area contributed by atoms with Gasteiger partial charge in [0.2, 0.25) is 11.7 Å².